The summed E-state index contributed by atoms with van der Waals surface area (Å²) >= 11 is 0. The quantitative estimate of drug-likeness (QED) is 0.571. The molecule has 0 rings (SSSR count). The highest BCUT2D eigenvalue weighted by atomic mass is 16.5. The standard InChI is InChI=1S/C9H22N2O/c1-5-12-7-6-10-8-9(2)11(3)4/h9-10H,5-8H2,1-4H3. The first kappa shape index (κ1) is 11.9. The van der Waals surface area contributed by atoms with Crippen molar-refractivity contribution < 1.29 is 4.74 Å². The maximum atomic E-state index is 5.20. The van der Waals surface area contributed by atoms with Gasteiger partial charge in [0.15, 0.2) is 0 Å². The summed E-state index contributed by atoms with van der Waals surface area (Å²) < 4.78 is 5.20. The fraction of sp³-hybridized carbons (Fsp3) is 1.00. The third kappa shape index (κ3) is 6.58. The van der Waals surface area contributed by atoms with Crippen LogP contribution in [0.2, 0.25) is 0 Å². The first-order valence-electron chi connectivity index (χ1n) is 4.63. The first-order valence-corrected chi connectivity index (χ1v) is 4.63. The number of nitrogens with zero attached hydrogens (tertiary/aromatic N) is 1. The lowest BCUT2D eigenvalue weighted by Gasteiger charge is -2.19. The molecule has 0 saturated carbocycles. The van der Waals surface area contributed by atoms with Crippen LogP contribution in [0.15, 0.2) is 0 Å². The molecule has 1 atom stereocenters. The van der Waals surface area contributed by atoms with Crippen molar-refractivity contribution in [1.29, 1.82) is 0 Å². The Balaban J connectivity index is 3.08. The van der Waals surface area contributed by atoms with Gasteiger partial charge in [-0.3, -0.25) is 0 Å². The van der Waals surface area contributed by atoms with E-state index >= 15 is 0 Å². The topological polar surface area (TPSA) is 24.5 Å². The lowest BCUT2D eigenvalue weighted by Crippen LogP contribution is -2.36. The van der Waals surface area contributed by atoms with Gasteiger partial charge in [-0.1, -0.05) is 0 Å². The van der Waals surface area contributed by atoms with Gasteiger partial charge in [0.1, 0.15) is 0 Å². The smallest absolute Gasteiger partial charge is 0.0590 e. The zero-order valence-electron chi connectivity index (χ0n) is 8.76. The van der Waals surface area contributed by atoms with Gasteiger partial charge in [0, 0.05) is 25.7 Å². The van der Waals surface area contributed by atoms with Crippen molar-refractivity contribution in [3.8, 4) is 0 Å². The van der Waals surface area contributed by atoms with E-state index in [1.165, 1.54) is 0 Å². The van der Waals surface area contributed by atoms with E-state index in [4.69, 9.17) is 4.74 Å². The molecule has 0 heterocycles. The van der Waals surface area contributed by atoms with Crippen molar-refractivity contribution in [2.24, 2.45) is 0 Å². The molecule has 0 bridgehead atoms. The molecule has 1 N–H and O–H groups in total. The monoisotopic (exact) mass is 174 g/mol. The molecule has 0 aliphatic rings. The number of hydrogen-bond donors (Lipinski definition) is 1. The van der Waals surface area contributed by atoms with Gasteiger partial charge in [-0.25, -0.2) is 0 Å². The van der Waals surface area contributed by atoms with E-state index in [-0.39, 0.29) is 0 Å². The zero-order valence-corrected chi connectivity index (χ0v) is 8.76. The molecule has 0 fully saturated rings. The van der Waals surface area contributed by atoms with E-state index in [1.807, 2.05) is 6.92 Å². The van der Waals surface area contributed by atoms with E-state index in [2.05, 4.69) is 31.2 Å². The second-order valence-electron chi connectivity index (χ2n) is 3.21. The molecule has 0 aromatic carbocycles. The van der Waals surface area contributed by atoms with Crippen molar-refractivity contribution >= 4 is 0 Å². The fourth-order valence-corrected chi connectivity index (χ4v) is 0.782. The summed E-state index contributed by atoms with van der Waals surface area (Å²) in [6.45, 7) is 7.82. The summed E-state index contributed by atoms with van der Waals surface area (Å²) in [5, 5.41) is 3.33. The van der Waals surface area contributed by atoms with Crippen LogP contribution < -0.4 is 5.32 Å². The number of likely N-dealkylation sites (N-methyl/N-ethyl adjacent to an activating group) is 1. The number of ether oxygens (including phenoxy) is 1. The van der Waals surface area contributed by atoms with Gasteiger partial charge >= 0.3 is 0 Å². The van der Waals surface area contributed by atoms with E-state index in [0.717, 1.165) is 26.3 Å². The summed E-state index contributed by atoms with van der Waals surface area (Å²) in [5.74, 6) is 0. The van der Waals surface area contributed by atoms with Crippen LogP contribution in [0, 0.1) is 0 Å². The normalized spacial score (nSPS) is 13.8. The fourth-order valence-electron chi connectivity index (χ4n) is 0.782. The maximum absolute atomic E-state index is 5.20. The third-order valence-corrected chi connectivity index (χ3v) is 1.95. The van der Waals surface area contributed by atoms with Gasteiger partial charge in [0.2, 0.25) is 0 Å². The van der Waals surface area contributed by atoms with E-state index < -0.39 is 0 Å². The van der Waals surface area contributed by atoms with Crippen molar-refractivity contribution in [3.05, 3.63) is 0 Å². The molecule has 0 aliphatic heterocycles. The van der Waals surface area contributed by atoms with Gasteiger partial charge in [-0.2, -0.15) is 0 Å². The Morgan fingerprint density at radius 1 is 1.42 bits per heavy atom. The molecule has 0 spiro atoms. The van der Waals surface area contributed by atoms with Crippen LogP contribution >= 0.6 is 0 Å². The second-order valence-corrected chi connectivity index (χ2v) is 3.21. The SMILES string of the molecule is CCOCCNCC(C)N(C)C. The Morgan fingerprint density at radius 3 is 2.58 bits per heavy atom. The molecular formula is C9H22N2O. The highest BCUT2D eigenvalue weighted by Crippen LogP contribution is 1.87. The Labute approximate surface area is 76.1 Å². The number of rotatable bonds is 7. The molecule has 0 aromatic rings. The molecule has 0 aliphatic carbocycles. The Bertz CT molecular complexity index is 96.5. The minimum atomic E-state index is 0.589. The summed E-state index contributed by atoms with van der Waals surface area (Å²) in [6, 6.07) is 0.589. The Kier molecular flexibility index (Phi) is 7.45. The van der Waals surface area contributed by atoms with Gasteiger partial charge < -0.3 is 15.0 Å². The van der Waals surface area contributed by atoms with Crippen LogP contribution in [0.25, 0.3) is 0 Å². The third-order valence-electron chi connectivity index (χ3n) is 1.95. The number of nitrogens with one attached hydrogen (secondary N) is 1. The van der Waals surface area contributed by atoms with Crippen molar-refractivity contribution in [2.45, 2.75) is 19.9 Å². The van der Waals surface area contributed by atoms with Gasteiger partial charge in [-0.15, -0.1) is 0 Å². The van der Waals surface area contributed by atoms with E-state index in [9.17, 15) is 0 Å². The molecule has 74 valence electrons. The highest BCUT2D eigenvalue weighted by Gasteiger charge is 2.01. The van der Waals surface area contributed by atoms with E-state index in [0.29, 0.717) is 6.04 Å². The molecule has 0 radical (unpaired) electrons. The van der Waals surface area contributed by atoms with Crippen LogP contribution in [0.1, 0.15) is 13.8 Å². The van der Waals surface area contributed by atoms with Crippen molar-refractivity contribution in [2.75, 3.05) is 40.4 Å². The van der Waals surface area contributed by atoms with Crippen LogP contribution in [0.3, 0.4) is 0 Å². The molecule has 0 aromatic heterocycles. The van der Waals surface area contributed by atoms with Crippen molar-refractivity contribution in [1.82, 2.24) is 10.2 Å². The molecule has 12 heavy (non-hydrogen) atoms. The van der Waals surface area contributed by atoms with Gasteiger partial charge in [-0.05, 0) is 27.9 Å². The Morgan fingerprint density at radius 2 is 2.08 bits per heavy atom. The lowest BCUT2D eigenvalue weighted by molar-refractivity contribution is 0.147. The molecule has 3 nitrogen and oxygen atoms in total. The number of hydrogen-bond acceptors (Lipinski definition) is 3. The van der Waals surface area contributed by atoms with Crippen LogP contribution in [-0.4, -0.2) is 51.3 Å². The first-order chi connectivity index (χ1) is 5.68. The van der Waals surface area contributed by atoms with Crippen LogP contribution in [0.4, 0.5) is 0 Å². The molecule has 0 saturated heterocycles. The highest BCUT2D eigenvalue weighted by molar-refractivity contribution is 4.61. The minimum absolute atomic E-state index is 0.589. The summed E-state index contributed by atoms with van der Waals surface area (Å²) in [4.78, 5) is 2.20. The summed E-state index contributed by atoms with van der Waals surface area (Å²) in [6.07, 6.45) is 0. The second kappa shape index (κ2) is 7.53. The molecule has 1 unspecified atom stereocenters. The van der Waals surface area contributed by atoms with Crippen molar-refractivity contribution in [3.63, 3.8) is 0 Å². The average Bonchev–Trinajstić information content (AvgIpc) is 2.03. The lowest BCUT2D eigenvalue weighted by atomic mass is 10.3. The predicted molar refractivity (Wildman–Crippen MR) is 52.5 cm³/mol. The average molecular weight is 174 g/mol. The summed E-state index contributed by atoms with van der Waals surface area (Å²) in [5.41, 5.74) is 0. The largest absolute Gasteiger partial charge is 0.380 e. The minimum Gasteiger partial charge on any atom is -0.380 e. The van der Waals surface area contributed by atoms with Gasteiger partial charge in [0.25, 0.3) is 0 Å². The zero-order chi connectivity index (χ0) is 9.40. The molecular weight excluding hydrogens is 152 g/mol. The Hall–Kier alpha value is -0.120. The maximum Gasteiger partial charge on any atom is 0.0590 e. The van der Waals surface area contributed by atoms with Gasteiger partial charge in [0.05, 0.1) is 6.61 Å². The summed E-state index contributed by atoms with van der Waals surface area (Å²) in [7, 11) is 4.18. The van der Waals surface area contributed by atoms with E-state index in [1.54, 1.807) is 0 Å². The molecule has 0 amide bonds. The predicted octanol–water partition coefficient (Wildman–Crippen LogP) is 0.563. The van der Waals surface area contributed by atoms with Crippen LogP contribution in [-0.2, 0) is 4.74 Å². The van der Waals surface area contributed by atoms with Crippen LogP contribution in [0.5, 0.6) is 0 Å². The molecule has 3 heteroatoms.